The fourth-order valence-corrected chi connectivity index (χ4v) is 4.97. The molecule has 0 spiro atoms. The van der Waals surface area contributed by atoms with Gasteiger partial charge in [0, 0.05) is 14.7 Å². The van der Waals surface area contributed by atoms with E-state index in [1.54, 1.807) is 19.9 Å². The molecule has 0 aliphatic rings. The van der Waals surface area contributed by atoms with E-state index >= 15 is 0 Å². The highest BCUT2D eigenvalue weighted by Crippen LogP contribution is 2.30. The number of carbonyl (C=O) groups excluding carboxylic acids is 1. The van der Waals surface area contributed by atoms with Crippen LogP contribution >= 0.6 is 50.2 Å². The molecule has 0 radical (unpaired) electrons. The molecule has 25 heavy (non-hydrogen) atoms. The Morgan fingerprint density at radius 1 is 1.52 bits per heavy atom. The number of nitrogens with zero attached hydrogens (tertiary/aromatic N) is 1. The summed E-state index contributed by atoms with van der Waals surface area (Å²) in [6.45, 7) is 3.71. The summed E-state index contributed by atoms with van der Waals surface area (Å²) in [5, 5.41) is 2.64. The van der Waals surface area contributed by atoms with Crippen molar-refractivity contribution in [2.75, 3.05) is 6.61 Å². The lowest BCUT2D eigenvalue weighted by Crippen LogP contribution is -2.10. The maximum Gasteiger partial charge on any atom is 0.348 e. The van der Waals surface area contributed by atoms with E-state index in [-0.39, 0.29) is 18.0 Å². The van der Waals surface area contributed by atoms with Gasteiger partial charge in [-0.25, -0.2) is 9.78 Å². The Morgan fingerprint density at radius 3 is 2.92 bits per heavy atom. The predicted octanol–water partition coefficient (Wildman–Crippen LogP) is 5.03. The number of aromatic nitrogens is 2. The van der Waals surface area contributed by atoms with Crippen molar-refractivity contribution in [1.82, 2.24) is 9.97 Å². The fraction of sp³-hybridized carbons (Fsp3) is 0.188. The topological polar surface area (TPSA) is 72.0 Å². The average Bonchev–Trinajstić information content (AvgIpc) is 3.11. The Balaban J connectivity index is 2.08. The lowest BCUT2D eigenvalue weighted by Gasteiger charge is -1.99. The second-order valence-electron chi connectivity index (χ2n) is 5.03. The van der Waals surface area contributed by atoms with E-state index in [9.17, 15) is 9.59 Å². The van der Waals surface area contributed by atoms with Gasteiger partial charge in [0.25, 0.3) is 5.56 Å². The molecule has 0 aromatic carbocycles. The van der Waals surface area contributed by atoms with Crippen molar-refractivity contribution in [1.29, 1.82) is 0 Å². The largest absolute Gasteiger partial charge is 0.462 e. The summed E-state index contributed by atoms with van der Waals surface area (Å²) >= 11 is 12.3. The molecule has 1 N–H and O–H groups in total. The Labute approximate surface area is 164 Å². The molecule has 0 saturated heterocycles. The van der Waals surface area contributed by atoms with Crippen LogP contribution in [0.3, 0.4) is 0 Å². The van der Waals surface area contributed by atoms with Gasteiger partial charge in [0.15, 0.2) is 5.82 Å². The summed E-state index contributed by atoms with van der Waals surface area (Å²) in [4.78, 5) is 33.3. The number of esters is 1. The number of aryl methyl sites for hydroxylation is 1. The Hall–Kier alpha value is -1.48. The summed E-state index contributed by atoms with van der Waals surface area (Å²) in [6.07, 6.45) is 1.73. The van der Waals surface area contributed by atoms with Gasteiger partial charge in [0.05, 0.1) is 17.0 Å². The van der Waals surface area contributed by atoms with Gasteiger partial charge in [-0.05, 0) is 47.5 Å². The third-order valence-corrected chi connectivity index (χ3v) is 6.44. The van der Waals surface area contributed by atoms with E-state index in [0.717, 1.165) is 20.7 Å². The summed E-state index contributed by atoms with van der Waals surface area (Å²) in [6, 6.07) is 1.91. The highest BCUT2D eigenvalue weighted by molar-refractivity contribution is 9.10. The summed E-state index contributed by atoms with van der Waals surface area (Å²) in [5.74, 6) is -0.186. The quantitative estimate of drug-likeness (QED) is 0.555. The summed E-state index contributed by atoms with van der Waals surface area (Å²) in [7, 11) is 0. The third kappa shape index (κ3) is 3.72. The number of halogens is 2. The third-order valence-electron chi connectivity index (χ3n) is 3.34. The van der Waals surface area contributed by atoms with E-state index in [4.69, 9.17) is 16.3 Å². The normalized spacial score (nSPS) is 11.9. The van der Waals surface area contributed by atoms with Gasteiger partial charge < -0.3 is 9.72 Å². The standard InChI is InChI=1S/C16H12BrClN2O3S2/c1-3-23-16(22)12-7(2)11-14(21)19-13(20-15(11)25-12)10(18)5-9-4-8(17)6-24-9/h4-6H,3H2,1-2H3,(H,19,20,21)/b10-5-. The Kier molecular flexibility index (Phi) is 5.43. The molecule has 0 amide bonds. The molecule has 0 aliphatic heterocycles. The minimum atomic E-state index is -0.450. The molecule has 0 fully saturated rings. The van der Waals surface area contributed by atoms with Crippen LogP contribution in [-0.4, -0.2) is 22.5 Å². The second-order valence-corrected chi connectivity index (χ2v) is 8.30. The lowest BCUT2D eigenvalue weighted by molar-refractivity contribution is 0.0531. The zero-order chi connectivity index (χ0) is 18.1. The maximum atomic E-state index is 12.4. The number of fused-ring (bicyclic) bond motifs is 1. The first kappa shape index (κ1) is 18.3. The van der Waals surface area contributed by atoms with Crippen LogP contribution in [0.1, 0.15) is 32.9 Å². The molecule has 0 bridgehead atoms. The zero-order valence-electron chi connectivity index (χ0n) is 13.2. The van der Waals surface area contributed by atoms with Gasteiger partial charge in [-0.3, -0.25) is 4.79 Å². The van der Waals surface area contributed by atoms with Crippen LogP contribution in [0.4, 0.5) is 0 Å². The van der Waals surface area contributed by atoms with Gasteiger partial charge >= 0.3 is 5.97 Å². The van der Waals surface area contributed by atoms with Crippen LogP contribution in [0.15, 0.2) is 20.7 Å². The summed E-state index contributed by atoms with van der Waals surface area (Å²) in [5.41, 5.74) is 0.240. The van der Waals surface area contributed by atoms with Crippen LogP contribution in [0, 0.1) is 6.92 Å². The van der Waals surface area contributed by atoms with Gasteiger partial charge in [-0.1, -0.05) is 11.6 Å². The van der Waals surface area contributed by atoms with Crippen LogP contribution in [0.5, 0.6) is 0 Å². The molecular weight excluding hydrogens is 448 g/mol. The molecule has 3 aromatic heterocycles. The molecule has 0 saturated carbocycles. The minimum Gasteiger partial charge on any atom is -0.462 e. The number of nitrogens with one attached hydrogen (secondary N) is 1. The van der Waals surface area contributed by atoms with Gasteiger partial charge in [-0.15, -0.1) is 22.7 Å². The van der Waals surface area contributed by atoms with E-state index < -0.39 is 5.97 Å². The van der Waals surface area contributed by atoms with Crippen LogP contribution in [0.2, 0.25) is 0 Å². The van der Waals surface area contributed by atoms with Gasteiger partial charge in [-0.2, -0.15) is 0 Å². The molecule has 0 atom stereocenters. The predicted molar refractivity (Wildman–Crippen MR) is 107 cm³/mol. The van der Waals surface area contributed by atoms with Crippen molar-refractivity contribution in [2.24, 2.45) is 0 Å². The van der Waals surface area contributed by atoms with Crippen molar-refractivity contribution in [3.05, 3.63) is 47.4 Å². The maximum absolute atomic E-state index is 12.4. The monoisotopic (exact) mass is 458 g/mol. The highest BCUT2D eigenvalue weighted by Gasteiger charge is 2.20. The van der Waals surface area contributed by atoms with E-state index in [0.29, 0.717) is 25.7 Å². The number of hydrogen-bond acceptors (Lipinski definition) is 6. The van der Waals surface area contributed by atoms with Crippen molar-refractivity contribution < 1.29 is 9.53 Å². The average molecular weight is 460 g/mol. The number of aromatic amines is 1. The number of carbonyl (C=O) groups is 1. The van der Waals surface area contributed by atoms with Gasteiger partial charge in [0.1, 0.15) is 9.71 Å². The first-order valence-electron chi connectivity index (χ1n) is 7.22. The molecule has 130 valence electrons. The van der Waals surface area contributed by atoms with Crippen molar-refractivity contribution in [3.8, 4) is 0 Å². The number of ether oxygens (including phenoxy) is 1. The SMILES string of the molecule is CCOC(=O)c1sc2nc(/C(Cl)=C/c3cc(Br)cs3)[nH]c(=O)c2c1C. The molecule has 9 heteroatoms. The number of hydrogen-bond donors (Lipinski definition) is 1. The smallest absolute Gasteiger partial charge is 0.348 e. The van der Waals surface area contributed by atoms with Crippen molar-refractivity contribution in [3.63, 3.8) is 0 Å². The second kappa shape index (κ2) is 7.41. The first-order valence-corrected chi connectivity index (χ1v) is 10.1. The number of thiophene rings is 2. The molecule has 5 nitrogen and oxygen atoms in total. The molecule has 3 rings (SSSR count). The lowest BCUT2D eigenvalue weighted by atomic mass is 10.2. The molecule has 3 aromatic rings. The number of rotatable bonds is 4. The minimum absolute atomic E-state index is 0.264. The Morgan fingerprint density at radius 2 is 2.28 bits per heavy atom. The molecule has 0 aliphatic carbocycles. The molecule has 3 heterocycles. The van der Waals surface area contributed by atoms with Crippen LogP contribution in [-0.2, 0) is 4.74 Å². The van der Waals surface area contributed by atoms with E-state index in [1.165, 1.54) is 11.3 Å². The number of H-pyrrole nitrogens is 1. The summed E-state index contributed by atoms with van der Waals surface area (Å²) < 4.78 is 5.98. The van der Waals surface area contributed by atoms with Crippen LogP contribution < -0.4 is 5.56 Å². The van der Waals surface area contributed by atoms with E-state index in [2.05, 4.69) is 25.9 Å². The van der Waals surface area contributed by atoms with Crippen molar-refractivity contribution in [2.45, 2.75) is 13.8 Å². The fourth-order valence-electron chi connectivity index (χ4n) is 2.25. The van der Waals surface area contributed by atoms with Crippen LogP contribution in [0.25, 0.3) is 21.3 Å². The zero-order valence-corrected chi connectivity index (χ0v) is 17.2. The first-order chi connectivity index (χ1) is 11.9. The van der Waals surface area contributed by atoms with Crippen molar-refractivity contribution >= 4 is 77.5 Å². The Bertz CT molecular complexity index is 1050. The molecule has 0 unspecified atom stereocenters. The molecular formula is C16H12BrClN2O3S2. The van der Waals surface area contributed by atoms with Gasteiger partial charge in [0.2, 0.25) is 0 Å². The van der Waals surface area contributed by atoms with E-state index in [1.807, 2.05) is 11.4 Å². The highest BCUT2D eigenvalue weighted by atomic mass is 79.9.